The molecule has 0 radical (unpaired) electrons. The highest BCUT2D eigenvalue weighted by molar-refractivity contribution is 7.42. The van der Waals surface area contributed by atoms with Gasteiger partial charge >= 0.3 is 6.94 Å². The van der Waals surface area contributed by atoms with E-state index in [-0.39, 0.29) is 0 Å². The van der Waals surface area contributed by atoms with Gasteiger partial charge in [0.25, 0.3) is 0 Å². The third-order valence-electron chi connectivity index (χ3n) is 0.684. The summed E-state index contributed by atoms with van der Waals surface area (Å²) in [7, 11) is 1.50. The summed E-state index contributed by atoms with van der Waals surface area (Å²) >= 11 is 16.6. The molecule has 0 saturated carbocycles. The van der Waals surface area contributed by atoms with E-state index in [1.54, 1.807) is 0 Å². The summed E-state index contributed by atoms with van der Waals surface area (Å²) in [5.41, 5.74) is 0. The zero-order chi connectivity index (χ0) is 6.62. The molecule has 0 N–H and O–H groups in total. The van der Waals surface area contributed by atoms with Gasteiger partial charge in [0.15, 0.2) is 0 Å². The Kier molecular flexibility index (Phi) is 4.48. The summed E-state index contributed by atoms with van der Waals surface area (Å²) < 4.78 is 4.76. The van der Waals surface area contributed by atoms with Crippen LogP contribution in [0.5, 0.6) is 0 Å². The number of hydrogen-bond acceptors (Lipinski definition) is 1. The number of halogens is 3. The summed E-state index contributed by atoms with van der Waals surface area (Å²) in [5, 5.41) is 0. The maximum absolute atomic E-state index is 5.62. The third-order valence-corrected chi connectivity index (χ3v) is 4.68. The molecule has 0 aliphatic rings. The van der Waals surface area contributed by atoms with Crippen molar-refractivity contribution in [2.45, 2.75) is 6.04 Å². The van der Waals surface area contributed by atoms with Crippen LogP contribution in [0.25, 0.3) is 0 Å². The standard InChI is InChI=1S/C3H7Cl3OSi/c1-7-8(5,6)3-2-4/h2-3H2,1H3. The minimum absolute atomic E-state index is 0.465. The lowest BCUT2D eigenvalue weighted by molar-refractivity contribution is 0.428. The minimum atomic E-state index is -2.36. The highest BCUT2D eigenvalue weighted by Gasteiger charge is 2.27. The van der Waals surface area contributed by atoms with Crippen LogP contribution in [0.3, 0.4) is 0 Å². The molecule has 0 aromatic carbocycles. The van der Waals surface area contributed by atoms with Crippen LogP contribution in [0.15, 0.2) is 0 Å². The first-order valence-corrected chi connectivity index (χ1v) is 6.78. The Morgan fingerprint density at radius 3 is 2.12 bits per heavy atom. The summed E-state index contributed by atoms with van der Waals surface area (Å²) in [5.74, 6) is 0.465. The van der Waals surface area contributed by atoms with Gasteiger partial charge in [0, 0.05) is 19.0 Å². The summed E-state index contributed by atoms with van der Waals surface area (Å²) in [4.78, 5) is 0. The molecule has 50 valence electrons. The van der Waals surface area contributed by atoms with Gasteiger partial charge in [-0.3, -0.25) is 0 Å². The monoisotopic (exact) mass is 192 g/mol. The van der Waals surface area contributed by atoms with Gasteiger partial charge in [-0.15, -0.1) is 33.8 Å². The molecule has 0 heterocycles. The molecular formula is C3H7Cl3OSi. The summed E-state index contributed by atoms with van der Waals surface area (Å²) in [6, 6.07) is 0.578. The van der Waals surface area contributed by atoms with Crippen molar-refractivity contribution in [3.8, 4) is 0 Å². The first-order chi connectivity index (χ1) is 3.62. The van der Waals surface area contributed by atoms with Crippen LogP contribution >= 0.6 is 33.8 Å². The van der Waals surface area contributed by atoms with Gasteiger partial charge < -0.3 is 4.43 Å². The van der Waals surface area contributed by atoms with Gasteiger partial charge in [-0.1, -0.05) is 0 Å². The maximum Gasteiger partial charge on any atom is 0.390 e. The van der Waals surface area contributed by atoms with Gasteiger partial charge in [0.2, 0.25) is 0 Å². The van der Waals surface area contributed by atoms with Gasteiger partial charge in [0.05, 0.1) is 0 Å². The van der Waals surface area contributed by atoms with Crippen molar-refractivity contribution in [3.05, 3.63) is 0 Å². The van der Waals surface area contributed by atoms with E-state index in [0.717, 1.165) is 0 Å². The Bertz CT molecular complexity index is 67.5. The van der Waals surface area contributed by atoms with E-state index in [2.05, 4.69) is 0 Å². The smallest absolute Gasteiger partial charge is 0.390 e. The summed E-state index contributed by atoms with van der Waals surface area (Å²) in [6.45, 7) is -2.36. The molecule has 0 aliphatic carbocycles. The van der Waals surface area contributed by atoms with Crippen molar-refractivity contribution in [3.63, 3.8) is 0 Å². The van der Waals surface area contributed by atoms with E-state index < -0.39 is 6.94 Å². The Morgan fingerprint density at radius 1 is 1.50 bits per heavy atom. The number of alkyl halides is 1. The normalized spacial score (nSPS) is 12.0. The van der Waals surface area contributed by atoms with E-state index in [0.29, 0.717) is 11.9 Å². The van der Waals surface area contributed by atoms with E-state index in [4.69, 9.17) is 38.2 Å². The zero-order valence-electron chi connectivity index (χ0n) is 4.46. The highest BCUT2D eigenvalue weighted by Crippen LogP contribution is 2.20. The zero-order valence-corrected chi connectivity index (χ0v) is 7.72. The number of hydrogen-bond donors (Lipinski definition) is 0. The van der Waals surface area contributed by atoms with Crippen LogP contribution in [0.4, 0.5) is 0 Å². The molecule has 8 heavy (non-hydrogen) atoms. The second kappa shape index (κ2) is 3.96. The largest absolute Gasteiger partial charge is 0.396 e. The predicted octanol–water partition coefficient (Wildman–Crippen LogP) is 2.29. The van der Waals surface area contributed by atoms with Gasteiger partial charge in [-0.05, 0) is 0 Å². The van der Waals surface area contributed by atoms with Gasteiger partial charge in [-0.2, -0.15) is 0 Å². The lowest BCUT2D eigenvalue weighted by atomic mass is 11.0. The van der Waals surface area contributed by atoms with Crippen LogP contribution < -0.4 is 0 Å². The molecular weight excluding hydrogens is 186 g/mol. The number of rotatable bonds is 3. The van der Waals surface area contributed by atoms with Crippen molar-refractivity contribution in [1.29, 1.82) is 0 Å². The van der Waals surface area contributed by atoms with Crippen molar-refractivity contribution < 1.29 is 4.43 Å². The quantitative estimate of drug-likeness (QED) is 0.380. The molecule has 0 rings (SSSR count). The van der Waals surface area contributed by atoms with E-state index in [1.807, 2.05) is 0 Å². The molecule has 0 fully saturated rings. The maximum atomic E-state index is 5.62. The minimum Gasteiger partial charge on any atom is -0.396 e. The Balaban J connectivity index is 3.37. The van der Waals surface area contributed by atoms with Gasteiger partial charge in [0.1, 0.15) is 0 Å². The van der Waals surface area contributed by atoms with E-state index >= 15 is 0 Å². The molecule has 0 amide bonds. The van der Waals surface area contributed by atoms with Crippen LogP contribution in [0.1, 0.15) is 0 Å². The summed E-state index contributed by atoms with van der Waals surface area (Å²) in [6.07, 6.45) is 0. The SMILES string of the molecule is CO[Si](Cl)(Cl)CCCl. The first-order valence-electron chi connectivity index (χ1n) is 2.11. The molecule has 0 aliphatic heterocycles. The van der Waals surface area contributed by atoms with Crippen LogP contribution in [-0.4, -0.2) is 19.9 Å². The second-order valence-corrected chi connectivity index (χ2v) is 8.08. The Hall–Kier alpha value is 1.05. The van der Waals surface area contributed by atoms with Crippen molar-refractivity contribution in [2.75, 3.05) is 13.0 Å². The molecule has 5 heteroatoms. The molecule has 0 bridgehead atoms. The molecule has 0 unspecified atom stereocenters. The van der Waals surface area contributed by atoms with Gasteiger partial charge in [-0.25, -0.2) is 0 Å². The van der Waals surface area contributed by atoms with Crippen molar-refractivity contribution in [1.82, 2.24) is 0 Å². The van der Waals surface area contributed by atoms with Crippen molar-refractivity contribution in [2.24, 2.45) is 0 Å². The Morgan fingerprint density at radius 2 is 2.00 bits per heavy atom. The fourth-order valence-electron chi connectivity index (χ4n) is 0.212. The highest BCUT2D eigenvalue weighted by atomic mass is 35.7. The van der Waals surface area contributed by atoms with Crippen LogP contribution in [0.2, 0.25) is 6.04 Å². The molecule has 0 aromatic heterocycles. The van der Waals surface area contributed by atoms with Crippen LogP contribution in [0, 0.1) is 0 Å². The van der Waals surface area contributed by atoms with E-state index in [1.165, 1.54) is 7.11 Å². The Labute approximate surface area is 64.4 Å². The fourth-order valence-corrected chi connectivity index (χ4v) is 2.58. The fraction of sp³-hybridized carbons (Fsp3) is 1.00. The predicted molar refractivity (Wildman–Crippen MR) is 40.0 cm³/mol. The second-order valence-electron chi connectivity index (χ2n) is 1.28. The molecule has 0 atom stereocenters. The lowest BCUT2D eigenvalue weighted by Crippen LogP contribution is -2.22. The van der Waals surface area contributed by atoms with Crippen LogP contribution in [-0.2, 0) is 4.43 Å². The van der Waals surface area contributed by atoms with Crippen molar-refractivity contribution >= 4 is 40.7 Å². The molecule has 1 nitrogen and oxygen atoms in total. The molecule has 0 aromatic rings. The average Bonchev–Trinajstić information content (AvgIpc) is 1.67. The first kappa shape index (κ1) is 9.05. The lowest BCUT2D eigenvalue weighted by Gasteiger charge is -2.10. The van der Waals surface area contributed by atoms with E-state index in [9.17, 15) is 0 Å². The average molecular weight is 194 g/mol. The molecule has 0 saturated heterocycles. The molecule has 0 spiro atoms. The topological polar surface area (TPSA) is 9.23 Å². The third kappa shape index (κ3) is 3.98.